The molecule has 0 radical (unpaired) electrons. The molecule has 2 N–H and O–H groups in total. The van der Waals surface area contributed by atoms with Crippen LogP contribution in [0.3, 0.4) is 0 Å². The summed E-state index contributed by atoms with van der Waals surface area (Å²) in [6.07, 6.45) is 0.205. The number of aromatic nitrogens is 4. The van der Waals surface area contributed by atoms with Crippen LogP contribution in [0.2, 0.25) is 0 Å². The van der Waals surface area contributed by atoms with Gasteiger partial charge >= 0.3 is 6.18 Å². The van der Waals surface area contributed by atoms with Crippen LogP contribution in [0, 0.1) is 12.3 Å². The van der Waals surface area contributed by atoms with Gasteiger partial charge in [0.2, 0.25) is 5.03 Å². The normalized spacial score (nSPS) is 17.6. The molecule has 1 aliphatic heterocycles. The molecule has 3 heterocycles. The minimum Gasteiger partial charge on any atom is -0.354 e. The van der Waals surface area contributed by atoms with Gasteiger partial charge in [-0.1, -0.05) is 0 Å². The van der Waals surface area contributed by atoms with Crippen LogP contribution in [0.15, 0.2) is 47.9 Å². The van der Waals surface area contributed by atoms with Crippen LogP contribution >= 0.6 is 0 Å². The zero-order valence-electron chi connectivity index (χ0n) is 20.3. The Hall–Kier alpha value is -3.36. The Bertz CT molecular complexity index is 1360. The maximum atomic E-state index is 13.2. The van der Waals surface area contributed by atoms with Gasteiger partial charge in [-0.15, -0.1) is 5.10 Å². The summed E-state index contributed by atoms with van der Waals surface area (Å²) >= 11 is 0. The number of halogens is 3. The van der Waals surface area contributed by atoms with Crippen LogP contribution in [-0.4, -0.2) is 76.2 Å². The minimum atomic E-state index is -4.35. The molecule has 198 valence electrons. The lowest BCUT2D eigenvalue weighted by molar-refractivity contribution is -0.140. The van der Waals surface area contributed by atoms with E-state index in [-0.39, 0.29) is 31.2 Å². The number of benzene rings is 1. The molecule has 14 heteroatoms. The van der Waals surface area contributed by atoms with Crippen LogP contribution in [-0.2, 0) is 17.1 Å². The first-order valence-corrected chi connectivity index (χ1v) is 12.9. The molecule has 0 amide bonds. The van der Waals surface area contributed by atoms with E-state index >= 15 is 0 Å². The van der Waals surface area contributed by atoms with Gasteiger partial charge in [0, 0.05) is 62.9 Å². The Kier molecular flexibility index (Phi) is 7.62. The van der Waals surface area contributed by atoms with Crippen LogP contribution < -0.4 is 5.32 Å². The van der Waals surface area contributed by atoms with E-state index < -0.39 is 28.7 Å². The number of aryl methyl sites for hydroxylation is 2. The Labute approximate surface area is 212 Å². The van der Waals surface area contributed by atoms with E-state index in [0.29, 0.717) is 22.5 Å². The fourth-order valence-electron chi connectivity index (χ4n) is 4.35. The lowest BCUT2D eigenvalue weighted by atomic mass is 9.94. The van der Waals surface area contributed by atoms with Crippen molar-refractivity contribution in [2.75, 3.05) is 31.5 Å². The topological polar surface area (TPSA) is 120 Å². The van der Waals surface area contributed by atoms with Gasteiger partial charge in [0.05, 0.1) is 24.5 Å². The van der Waals surface area contributed by atoms with E-state index in [1.165, 1.54) is 11.4 Å². The summed E-state index contributed by atoms with van der Waals surface area (Å²) in [7, 11) is -2.50. The van der Waals surface area contributed by atoms with E-state index in [2.05, 4.69) is 20.5 Å². The summed E-state index contributed by atoms with van der Waals surface area (Å²) in [6.45, 7) is 1.60. The molecule has 10 nitrogen and oxygen atoms in total. The fraction of sp³-hybridized carbons (Fsp3) is 0.391. The Balaban J connectivity index is 1.69. The maximum absolute atomic E-state index is 13.2. The first-order valence-electron chi connectivity index (χ1n) is 11.5. The highest BCUT2D eigenvalue weighted by molar-refractivity contribution is 7.89. The second-order valence-corrected chi connectivity index (χ2v) is 10.6. The number of nitrogens with zero attached hydrogens (tertiary/aromatic N) is 6. The van der Waals surface area contributed by atoms with E-state index in [4.69, 9.17) is 5.41 Å². The SMILES string of the molecule is Cc1cc(Nc2cccnc2)c(C=N)cc1C1CN(S(=O)(=O)c2cnn(C)n2)CCN1CCC(F)(F)F. The third-order valence-corrected chi connectivity index (χ3v) is 7.94. The first-order chi connectivity index (χ1) is 17.5. The first kappa shape index (κ1) is 26.7. The average molecular weight is 537 g/mol. The van der Waals surface area contributed by atoms with E-state index in [9.17, 15) is 21.6 Å². The lowest BCUT2D eigenvalue weighted by Crippen LogP contribution is -2.51. The molecule has 3 aromatic rings. The van der Waals surface area contributed by atoms with Crippen molar-refractivity contribution in [2.45, 2.75) is 30.6 Å². The van der Waals surface area contributed by atoms with Crippen molar-refractivity contribution in [2.24, 2.45) is 7.05 Å². The predicted octanol–water partition coefficient (Wildman–Crippen LogP) is 3.26. The maximum Gasteiger partial charge on any atom is 0.390 e. The summed E-state index contributed by atoms with van der Waals surface area (Å²) < 4.78 is 67.0. The minimum absolute atomic E-state index is 0.0182. The average Bonchev–Trinajstić information content (AvgIpc) is 3.30. The van der Waals surface area contributed by atoms with Gasteiger partial charge in [0.25, 0.3) is 10.0 Å². The molecular weight excluding hydrogens is 509 g/mol. The van der Waals surface area contributed by atoms with Crippen molar-refractivity contribution < 1.29 is 21.6 Å². The number of pyridine rings is 1. The summed E-state index contributed by atoms with van der Waals surface area (Å²) in [6, 6.07) is 6.46. The number of alkyl halides is 3. The summed E-state index contributed by atoms with van der Waals surface area (Å²) in [4.78, 5) is 6.86. The molecule has 4 rings (SSSR count). The highest BCUT2D eigenvalue weighted by Gasteiger charge is 2.38. The third kappa shape index (κ3) is 6.14. The Morgan fingerprint density at radius 1 is 1.24 bits per heavy atom. The van der Waals surface area contributed by atoms with Gasteiger partial charge in [-0.25, -0.2) is 8.42 Å². The Morgan fingerprint density at radius 2 is 2.03 bits per heavy atom. The lowest BCUT2D eigenvalue weighted by Gasteiger charge is -2.41. The van der Waals surface area contributed by atoms with Gasteiger partial charge in [0.15, 0.2) is 0 Å². The number of sulfonamides is 1. The van der Waals surface area contributed by atoms with Gasteiger partial charge in [-0.05, 0) is 42.3 Å². The fourth-order valence-corrected chi connectivity index (χ4v) is 5.67. The van der Waals surface area contributed by atoms with Crippen molar-refractivity contribution in [3.63, 3.8) is 0 Å². The number of nitrogens with one attached hydrogen (secondary N) is 2. The highest BCUT2D eigenvalue weighted by atomic mass is 32.2. The molecule has 0 saturated carbocycles. The number of hydrogen-bond donors (Lipinski definition) is 2. The molecule has 2 aromatic heterocycles. The zero-order valence-corrected chi connectivity index (χ0v) is 21.1. The van der Waals surface area contributed by atoms with Crippen LogP contribution in [0.4, 0.5) is 24.5 Å². The zero-order chi connectivity index (χ0) is 26.8. The van der Waals surface area contributed by atoms with Gasteiger partial charge in [0.1, 0.15) is 0 Å². The third-order valence-electron chi connectivity index (χ3n) is 6.21. The quantitative estimate of drug-likeness (QED) is 0.424. The second-order valence-electron chi connectivity index (χ2n) is 8.76. The van der Waals surface area contributed by atoms with Gasteiger partial charge in [-0.3, -0.25) is 9.88 Å². The molecule has 37 heavy (non-hydrogen) atoms. The van der Waals surface area contributed by atoms with E-state index in [0.717, 1.165) is 22.8 Å². The van der Waals surface area contributed by atoms with E-state index in [1.807, 2.05) is 13.0 Å². The molecule has 0 bridgehead atoms. The monoisotopic (exact) mass is 536 g/mol. The summed E-state index contributed by atoms with van der Waals surface area (Å²) in [5.41, 5.74) is 3.25. The van der Waals surface area contributed by atoms with Crippen LogP contribution in [0.5, 0.6) is 0 Å². The second kappa shape index (κ2) is 10.6. The molecule has 1 fully saturated rings. The number of piperazine rings is 1. The standard InChI is InChI=1S/C23H27F3N8O2S/c1-16-10-20(30-18-4-3-6-28-13-18)17(12-27)11-19(16)21-15-34(9-8-33(21)7-5-23(24,25)26)37(35,36)22-14-29-32(2)31-22/h3-4,6,10-14,21,27,30H,5,7-9,15H2,1-2H3. The molecule has 1 aliphatic rings. The predicted molar refractivity (Wildman–Crippen MR) is 131 cm³/mol. The number of hydrogen-bond acceptors (Lipinski definition) is 8. The molecule has 1 unspecified atom stereocenters. The van der Waals surface area contributed by atoms with Gasteiger partial charge in [-0.2, -0.15) is 27.4 Å². The molecule has 0 spiro atoms. The molecule has 1 aromatic carbocycles. The number of anilines is 2. The van der Waals surface area contributed by atoms with Crippen molar-refractivity contribution in [3.05, 3.63) is 59.5 Å². The van der Waals surface area contributed by atoms with Crippen molar-refractivity contribution in [1.29, 1.82) is 5.41 Å². The van der Waals surface area contributed by atoms with Crippen LogP contribution in [0.25, 0.3) is 0 Å². The van der Waals surface area contributed by atoms with Crippen molar-refractivity contribution in [3.8, 4) is 0 Å². The van der Waals surface area contributed by atoms with E-state index in [1.54, 1.807) is 35.5 Å². The van der Waals surface area contributed by atoms with Crippen molar-refractivity contribution >= 4 is 27.6 Å². The highest BCUT2D eigenvalue weighted by Crippen LogP contribution is 2.34. The van der Waals surface area contributed by atoms with Crippen LogP contribution in [0.1, 0.15) is 29.2 Å². The molecule has 0 aliphatic carbocycles. The molecule has 1 atom stereocenters. The summed E-state index contributed by atoms with van der Waals surface area (Å²) in [5, 5.41) is 18.7. The molecule has 1 saturated heterocycles. The largest absolute Gasteiger partial charge is 0.390 e. The smallest absolute Gasteiger partial charge is 0.354 e. The summed E-state index contributed by atoms with van der Waals surface area (Å²) in [5.74, 6) is 0. The molecular formula is C23H27F3N8O2S. The number of rotatable bonds is 8. The Morgan fingerprint density at radius 3 is 2.65 bits per heavy atom. The van der Waals surface area contributed by atoms with Crippen molar-refractivity contribution in [1.82, 2.24) is 29.2 Å². The van der Waals surface area contributed by atoms with Gasteiger partial charge < -0.3 is 10.7 Å².